The van der Waals surface area contributed by atoms with Gasteiger partial charge in [0.2, 0.25) is 0 Å². The number of halogens is 4. The summed E-state index contributed by atoms with van der Waals surface area (Å²) in [4.78, 5) is 4.05. The van der Waals surface area contributed by atoms with Crippen LogP contribution in [0.3, 0.4) is 0 Å². The van der Waals surface area contributed by atoms with Crippen molar-refractivity contribution in [3.05, 3.63) is 53.6 Å². The van der Waals surface area contributed by atoms with Crippen molar-refractivity contribution in [2.75, 3.05) is 14.2 Å². The van der Waals surface area contributed by atoms with Crippen molar-refractivity contribution < 1.29 is 31.8 Å². The van der Waals surface area contributed by atoms with Crippen molar-refractivity contribution in [1.29, 1.82) is 0 Å². The Morgan fingerprint density at radius 1 is 0.931 bits per heavy atom. The second kappa shape index (κ2) is 11.0. The molecule has 0 fully saturated rings. The van der Waals surface area contributed by atoms with Crippen LogP contribution in [0, 0.1) is 0 Å². The van der Waals surface area contributed by atoms with Crippen molar-refractivity contribution in [2.45, 2.75) is 26.3 Å². The maximum atomic E-state index is 12.6. The van der Waals surface area contributed by atoms with Crippen molar-refractivity contribution >= 4 is 5.96 Å². The standard InChI is InChI=1S/C19H21F4N3O3/c1-24-19(25-10-12-4-3-5-15(8-12)28-17(20)21)26-11-13-9-14(27-2)6-7-16(13)29-18(22)23/h3-9,17-18H,10-11H2,1-2H3,(H2,24,25,26). The lowest BCUT2D eigenvalue weighted by Crippen LogP contribution is -2.36. The van der Waals surface area contributed by atoms with Gasteiger partial charge in [-0.3, -0.25) is 4.99 Å². The quantitative estimate of drug-likeness (QED) is 0.371. The number of nitrogens with zero attached hydrogens (tertiary/aromatic N) is 1. The highest BCUT2D eigenvalue weighted by atomic mass is 19.3. The Bertz CT molecular complexity index is 819. The lowest BCUT2D eigenvalue weighted by Gasteiger charge is -2.15. The van der Waals surface area contributed by atoms with Gasteiger partial charge in [-0.25, -0.2) is 0 Å². The average Bonchev–Trinajstić information content (AvgIpc) is 2.68. The van der Waals surface area contributed by atoms with Crippen LogP contribution in [-0.2, 0) is 13.1 Å². The van der Waals surface area contributed by atoms with E-state index < -0.39 is 13.2 Å². The predicted octanol–water partition coefficient (Wildman–Crippen LogP) is 3.76. The molecule has 0 saturated heterocycles. The first kappa shape index (κ1) is 22.1. The molecule has 0 aliphatic heterocycles. The number of guanidine groups is 1. The smallest absolute Gasteiger partial charge is 0.387 e. The summed E-state index contributed by atoms with van der Waals surface area (Å²) in [5.41, 5.74) is 1.13. The van der Waals surface area contributed by atoms with Gasteiger partial charge in [0.1, 0.15) is 17.2 Å². The number of hydrogen-bond acceptors (Lipinski definition) is 4. The van der Waals surface area contributed by atoms with Crippen LogP contribution in [-0.4, -0.2) is 33.3 Å². The van der Waals surface area contributed by atoms with Gasteiger partial charge in [-0.15, -0.1) is 0 Å². The zero-order valence-electron chi connectivity index (χ0n) is 15.8. The molecule has 6 nitrogen and oxygen atoms in total. The van der Waals surface area contributed by atoms with E-state index in [9.17, 15) is 17.6 Å². The molecule has 2 N–H and O–H groups in total. The number of nitrogens with one attached hydrogen (secondary N) is 2. The van der Waals surface area contributed by atoms with Gasteiger partial charge in [0.15, 0.2) is 5.96 Å². The van der Waals surface area contributed by atoms with E-state index in [0.29, 0.717) is 22.8 Å². The van der Waals surface area contributed by atoms with E-state index in [-0.39, 0.29) is 24.6 Å². The number of alkyl halides is 4. The molecule has 0 aromatic heterocycles. The minimum atomic E-state index is -2.96. The third kappa shape index (κ3) is 7.40. The van der Waals surface area contributed by atoms with E-state index in [1.165, 1.54) is 38.4 Å². The van der Waals surface area contributed by atoms with Crippen molar-refractivity contribution in [3.8, 4) is 17.2 Å². The average molecular weight is 415 g/mol. The lowest BCUT2D eigenvalue weighted by atomic mass is 10.2. The van der Waals surface area contributed by atoms with E-state index in [0.717, 1.165) is 0 Å². The molecule has 0 radical (unpaired) electrons. The fraction of sp³-hybridized carbons (Fsp3) is 0.316. The first-order valence-corrected chi connectivity index (χ1v) is 8.51. The topological polar surface area (TPSA) is 64.1 Å². The van der Waals surface area contributed by atoms with Gasteiger partial charge >= 0.3 is 13.2 Å². The first-order valence-electron chi connectivity index (χ1n) is 8.51. The fourth-order valence-corrected chi connectivity index (χ4v) is 2.45. The summed E-state index contributed by atoms with van der Waals surface area (Å²) < 4.78 is 63.8. The molecule has 0 bridgehead atoms. The van der Waals surface area contributed by atoms with Gasteiger partial charge in [-0.05, 0) is 35.9 Å². The van der Waals surface area contributed by atoms with Crippen LogP contribution in [0.25, 0.3) is 0 Å². The maximum absolute atomic E-state index is 12.6. The van der Waals surface area contributed by atoms with E-state index in [1.54, 1.807) is 18.2 Å². The molecule has 158 valence electrons. The van der Waals surface area contributed by atoms with Gasteiger partial charge in [0.25, 0.3) is 0 Å². The second-order valence-electron chi connectivity index (χ2n) is 5.66. The molecule has 0 spiro atoms. The van der Waals surface area contributed by atoms with Gasteiger partial charge in [0.05, 0.1) is 7.11 Å². The third-order valence-corrected chi connectivity index (χ3v) is 3.74. The summed E-state index contributed by atoms with van der Waals surface area (Å²) in [6.07, 6.45) is 0. The van der Waals surface area contributed by atoms with Crippen LogP contribution in [0.2, 0.25) is 0 Å². The van der Waals surface area contributed by atoms with Gasteiger partial charge in [-0.1, -0.05) is 12.1 Å². The highest BCUT2D eigenvalue weighted by molar-refractivity contribution is 5.79. The van der Waals surface area contributed by atoms with Crippen LogP contribution < -0.4 is 24.8 Å². The summed E-state index contributed by atoms with van der Waals surface area (Å²) >= 11 is 0. The number of methoxy groups -OCH3 is 1. The molecular weight excluding hydrogens is 394 g/mol. The van der Waals surface area contributed by atoms with E-state index in [2.05, 4.69) is 25.1 Å². The van der Waals surface area contributed by atoms with Crippen LogP contribution in [0.1, 0.15) is 11.1 Å². The monoisotopic (exact) mass is 415 g/mol. The Morgan fingerprint density at radius 2 is 1.66 bits per heavy atom. The molecule has 0 saturated carbocycles. The highest BCUT2D eigenvalue weighted by Gasteiger charge is 2.12. The van der Waals surface area contributed by atoms with Crippen LogP contribution >= 0.6 is 0 Å². The SMILES string of the molecule is CN=C(NCc1cccc(OC(F)F)c1)NCc1cc(OC)ccc1OC(F)F. The van der Waals surface area contributed by atoms with Crippen molar-refractivity contribution in [3.63, 3.8) is 0 Å². The zero-order chi connectivity index (χ0) is 21.2. The Hall–Kier alpha value is -3.17. The van der Waals surface area contributed by atoms with Crippen molar-refractivity contribution in [1.82, 2.24) is 10.6 Å². The molecule has 10 heteroatoms. The molecule has 2 rings (SSSR count). The summed E-state index contributed by atoms with van der Waals surface area (Å²) in [6, 6.07) is 10.7. The molecule has 0 aliphatic carbocycles. The zero-order valence-corrected chi connectivity index (χ0v) is 15.8. The molecule has 2 aromatic carbocycles. The summed E-state index contributed by atoms with van der Waals surface area (Å²) in [5, 5.41) is 5.98. The molecule has 0 heterocycles. The molecule has 0 aliphatic rings. The molecule has 0 amide bonds. The number of benzene rings is 2. The van der Waals surface area contributed by atoms with Crippen LogP contribution in [0.15, 0.2) is 47.5 Å². The van der Waals surface area contributed by atoms with Gasteiger partial charge in [0, 0.05) is 25.7 Å². The molecule has 29 heavy (non-hydrogen) atoms. The number of hydrogen-bond donors (Lipinski definition) is 2. The Balaban J connectivity index is 1.99. The summed E-state index contributed by atoms with van der Waals surface area (Å²) in [5.74, 6) is 0.922. The first-order chi connectivity index (χ1) is 13.9. The summed E-state index contributed by atoms with van der Waals surface area (Å²) in [6.45, 7) is -5.45. The number of ether oxygens (including phenoxy) is 3. The van der Waals surface area contributed by atoms with E-state index >= 15 is 0 Å². The normalized spacial score (nSPS) is 11.5. The lowest BCUT2D eigenvalue weighted by molar-refractivity contribution is -0.0509. The third-order valence-electron chi connectivity index (χ3n) is 3.74. The predicted molar refractivity (Wildman–Crippen MR) is 99.7 cm³/mol. The molecule has 0 unspecified atom stereocenters. The van der Waals surface area contributed by atoms with Gasteiger partial charge < -0.3 is 24.8 Å². The molecule has 0 atom stereocenters. The van der Waals surface area contributed by atoms with Crippen LogP contribution in [0.5, 0.6) is 17.2 Å². The molecule has 2 aromatic rings. The Morgan fingerprint density at radius 3 is 2.31 bits per heavy atom. The number of rotatable bonds is 9. The largest absolute Gasteiger partial charge is 0.497 e. The van der Waals surface area contributed by atoms with E-state index in [4.69, 9.17) is 4.74 Å². The number of aliphatic imine (C=N–C) groups is 1. The fourth-order valence-electron chi connectivity index (χ4n) is 2.45. The Labute approximate surface area is 165 Å². The van der Waals surface area contributed by atoms with Crippen LogP contribution in [0.4, 0.5) is 17.6 Å². The van der Waals surface area contributed by atoms with Gasteiger partial charge in [-0.2, -0.15) is 17.6 Å². The minimum absolute atomic E-state index is 0.0144. The second-order valence-corrected chi connectivity index (χ2v) is 5.66. The highest BCUT2D eigenvalue weighted by Crippen LogP contribution is 2.25. The minimum Gasteiger partial charge on any atom is -0.497 e. The van der Waals surface area contributed by atoms with Crippen molar-refractivity contribution in [2.24, 2.45) is 4.99 Å². The van der Waals surface area contributed by atoms with E-state index in [1.807, 2.05) is 0 Å². The summed E-state index contributed by atoms with van der Waals surface area (Å²) in [7, 11) is 3.00. The Kier molecular flexibility index (Phi) is 8.38. The molecular formula is C19H21F4N3O3. The maximum Gasteiger partial charge on any atom is 0.387 e.